The Labute approximate surface area is 389 Å². The fourth-order valence-corrected chi connectivity index (χ4v) is 7.27. The Morgan fingerprint density at radius 3 is 1.09 bits per heavy atom. The summed E-state index contributed by atoms with van der Waals surface area (Å²) in [5.41, 5.74) is 9.06. The van der Waals surface area contributed by atoms with E-state index in [0.717, 1.165) is 94.7 Å². The molecule has 0 aliphatic carbocycles. The van der Waals surface area contributed by atoms with E-state index in [1.807, 2.05) is 111 Å². The van der Waals surface area contributed by atoms with Crippen molar-refractivity contribution in [2.75, 3.05) is 19.8 Å². The van der Waals surface area contributed by atoms with Gasteiger partial charge in [-0.15, -0.1) is 0 Å². The third-order valence-corrected chi connectivity index (χ3v) is 11.4. The van der Waals surface area contributed by atoms with E-state index in [0.29, 0.717) is 35.8 Å². The zero-order valence-electron chi connectivity index (χ0n) is 38.4. The van der Waals surface area contributed by atoms with E-state index in [2.05, 4.69) is 13.5 Å². The summed E-state index contributed by atoms with van der Waals surface area (Å²) >= 11 is 0. The molecule has 8 nitrogen and oxygen atoms in total. The maximum atomic E-state index is 13.1. The van der Waals surface area contributed by atoms with Crippen LogP contribution in [0.1, 0.15) is 110 Å². The second kappa shape index (κ2) is 25.3. The van der Waals surface area contributed by atoms with Crippen LogP contribution in [0.3, 0.4) is 0 Å². The highest BCUT2D eigenvalue weighted by atomic mass is 16.5. The minimum atomic E-state index is -0.438. The summed E-state index contributed by atoms with van der Waals surface area (Å²) in [4.78, 5) is 37.2. The van der Waals surface area contributed by atoms with Gasteiger partial charge in [0.2, 0.25) is 0 Å². The van der Waals surface area contributed by atoms with Gasteiger partial charge in [-0.3, -0.25) is 0 Å². The topological polar surface area (TPSA) is 97.4 Å². The van der Waals surface area contributed by atoms with Gasteiger partial charge in [-0.2, -0.15) is 0 Å². The highest BCUT2D eigenvalue weighted by molar-refractivity contribution is 5.93. The van der Waals surface area contributed by atoms with E-state index in [9.17, 15) is 14.4 Å². The quantitative estimate of drug-likeness (QED) is 0.0195. The molecule has 0 aliphatic heterocycles. The van der Waals surface area contributed by atoms with Gasteiger partial charge in [0.1, 0.15) is 23.0 Å². The van der Waals surface area contributed by atoms with Gasteiger partial charge in [0.15, 0.2) is 0 Å². The fourth-order valence-electron chi connectivity index (χ4n) is 7.27. The summed E-state index contributed by atoms with van der Waals surface area (Å²) in [5, 5.41) is 0. The van der Waals surface area contributed by atoms with Crippen LogP contribution in [0.5, 0.6) is 23.0 Å². The number of unbranched alkanes of at least 4 members (excludes halogenated alkanes) is 7. The lowest BCUT2D eigenvalue weighted by atomic mass is 9.97. The van der Waals surface area contributed by atoms with Crippen molar-refractivity contribution in [2.45, 2.75) is 78.6 Å². The number of ether oxygens (including phenoxy) is 5. The number of carbonyl (C=O) groups excluding carboxylic acids is 3. The standard InChI is InChI=1S/C58H60O8/c1-5-7-8-9-12-39-62-52-31-27-48(28-32-52)46-15-19-50(20-16-46)57(60)65-54-35-23-44(24-36-54)42(3)43(4)45-25-37-55(38-26-45)66-58(61)51-21-17-47(18-22-51)49-29-33-53(34-30-49)63-40-13-10-11-14-41-64-56(59)6-2/h6,15-38H,2,5,7-14,39-41H2,1,3-4H3. The predicted octanol–water partition coefficient (Wildman–Crippen LogP) is 14.4. The van der Waals surface area contributed by atoms with Crippen LogP contribution in [0.4, 0.5) is 0 Å². The molecule has 0 unspecified atom stereocenters. The highest BCUT2D eigenvalue weighted by Crippen LogP contribution is 2.30. The van der Waals surface area contributed by atoms with Crippen molar-refractivity contribution in [3.05, 3.63) is 181 Å². The summed E-state index contributed by atoms with van der Waals surface area (Å²) in [6.07, 6.45) is 10.9. The molecule has 340 valence electrons. The molecule has 0 radical (unpaired) electrons. The Morgan fingerprint density at radius 2 is 0.727 bits per heavy atom. The monoisotopic (exact) mass is 884 g/mol. The normalized spacial score (nSPS) is 11.3. The molecule has 8 heteroatoms. The molecular weight excluding hydrogens is 825 g/mol. The van der Waals surface area contributed by atoms with Gasteiger partial charge in [-0.05, 0) is 163 Å². The van der Waals surface area contributed by atoms with Crippen LogP contribution >= 0.6 is 0 Å². The van der Waals surface area contributed by atoms with Gasteiger partial charge in [0, 0.05) is 6.08 Å². The number of rotatable bonds is 24. The van der Waals surface area contributed by atoms with E-state index in [1.165, 1.54) is 31.8 Å². The number of esters is 3. The first-order valence-electron chi connectivity index (χ1n) is 23.0. The smallest absolute Gasteiger partial charge is 0.343 e. The van der Waals surface area contributed by atoms with Crippen LogP contribution in [0, 0.1) is 0 Å². The molecular formula is C58H60O8. The largest absolute Gasteiger partial charge is 0.494 e. The lowest BCUT2D eigenvalue weighted by Crippen LogP contribution is -2.08. The van der Waals surface area contributed by atoms with E-state index in [1.54, 1.807) is 48.5 Å². The lowest BCUT2D eigenvalue weighted by molar-refractivity contribution is -0.137. The van der Waals surface area contributed by atoms with Gasteiger partial charge in [-0.1, -0.05) is 112 Å². The minimum absolute atomic E-state index is 0.384. The molecule has 0 heterocycles. The summed E-state index contributed by atoms with van der Waals surface area (Å²) < 4.78 is 28.2. The first-order valence-corrected chi connectivity index (χ1v) is 23.0. The first-order chi connectivity index (χ1) is 32.2. The second-order valence-electron chi connectivity index (χ2n) is 16.2. The molecule has 6 aromatic carbocycles. The van der Waals surface area contributed by atoms with Crippen LogP contribution in [-0.4, -0.2) is 37.7 Å². The zero-order valence-corrected chi connectivity index (χ0v) is 38.4. The molecule has 66 heavy (non-hydrogen) atoms. The molecule has 0 fully saturated rings. The maximum absolute atomic E-state index is 13.1. The number of allylic oxidation sites excluding steroid dienone is 2. The fraction of sp³-hybridized carbons (Fsp3) is 0.259. The molecule has 0 bridgehead atoms. The molecule has 0 aliphatic rings. The Balaban J connectivity index is 0.935. The van der Waals surface area contributed by atoms with Crippen molar-refractivity contribution in [2.24, 2.45) is 0 Å². The number of hydrogen-bond acceptors (Lipinski definition) is 8. The molecule has 6 rings (SSSR count). The van der Waals surface area contributed by atoms with Crippen molar-refractivity contribution in [3.63, 3.8) is 0 Å². The molecule has 0 aromatic heterocycles. The molecule has 0 N–H and O–H groups in total. The van der Waals surface area contributed by atoms with Crippen molar-refractivity contribution in [3.8, 4) is 45.3 Å². The third-order valence-electron chi connectivity index (χ3n) is 11.4. The summed E-state index contributed by atoms with van der Waals surface area (Å²) in [6, 6.07) is 45.7. The van der Waals surface area contributed by atoms with Crippen LogP contribution in [-0.2, 0) is 9.53 Å². The summed E-state index contributed by atoms with van der Waals surface area (Å²) in [7, 11) is 0. The van der Waals surface area contributed by atoms with Gasteiger partial charge >= 0.3 is 17.9 Å². The van der Waals surface area contributed by atoms with Crippen molar-refractivity contribution < 1.29 is 38.1 Å². The molecule has 6 aromatic rings. The van der Waals surface area contributed by atoms with Gasteiger partial charge in [0.05, 0.1) is 30.9 Å². The van der Waals surface area contributed by atoms with Crippen LogP contribution in [0.25, 0.3) is 33.4 Å². The third kappa shape index (κ3) is 14.7. The molecule has 0 saturated carbocycles. The average Bonchev–Trinajstić information content (AvgIpc) is 3.36. The second-order valence-corrected chi connectivity index (χ2v) is 16.2. The zero-order chi connectivity index (χ0) is 46.5. The van der Waals surface area contributed by atoms with Crippen LogP contribution in [0.15, 0.2) is 158 Å². The molecule has 0 saturated heterocycles. The minimum Gasteiger partial charge on any atom is -0.494 e. The number of hydrogen-bond donors (Lipinski definition) is 0. The molecule has 0 atom stereocenters. The Morgan fingerprint density at radius 1 is 0.409 bits per heavy atom. The Bertz CT molecular complexity index is 2500. The van der Waals surface area contributed by atoms with Gasteiger partial charge in [0.25, 0.3) is 0 Å². The van der Waals surface area contributed by atoms with Crippen LogP contribution in [0.2, 0.25) is 0 Å². The van der Waals surface area contributed by atoms with E-state index in [4.69, 9.17) is 23.7 Å². The first kappa shape index (κ1) is 48.3. The predicted molar refractivity (Wildman–Crippen MR) is 264 cm³/mol. The van der Waals surface area contributed by atoms with E-state index >= 15 is 0 Å². The lowest BCUT2D eigenvalue weighted by Gasteiger charge is -2.11. The van der Waals surface area contributed by atoms with Crippen molar-refractivity contribution in [1.29, 1.82) is 0 Å². The maximum Gasteiger partial charge on any atom is 0.343 e. The van der Waals surface area contributed by atoms with Gasteiger partial charge in [-0.25, -0.2) is 14.4 Å². The van der Waals surface area contributed by atoms with E-state index in [-0.39, 0.29) is 5.97 Å². The Kier molecular flexibility index (Phi) is 18.5. The van der Waals surface area contributed by atoms with Crippen molar-refractivity contribution >= 4 is 29.1 Å². The molecule has 0 amide bonds. The SMILES string of the molecule is C=CC(=O)OCCCCCCOc1ccc(-c2ccc(C(=O)Oc3ccc(C(C)=C(C)c4ccc(OC(=O)c5ccc(-c6ccc(OCCCCCCC)cc6)cc5)cc4)cc3)cc2)cc1. The summed E-state index contributed by atoms with van der Waals surface area (Å²) in [6.45, 7) is 11.5. The summed E-state index contributed by atoms with van der Waals surface area (Å²) in [5.74, 6) is 1.33. The van der Waals surface area contributed by atoms with Gasteiger partial charge < -0.3 is 23.7 Å². The highest BCUT2D eigenvalue weighted by Gasteiger charge is 2.13. The number of carbonyl (C=O) groups is 3. The van der Waals surface area contributed by atoms with Crippen molar-refractivity contribution in [1.82, 2.24) is 0 Å². The molecule has 0 spiro atoms. The number of benzene rings is 6. The Hall–Kier alpha value is -7.19. The van der Waals surface area contributed by atoms with Crippen LogP contribution < -0.4 is 18.9 Å². The van der Waals surface area contributed by atoms with E-state index < -0.39 is 11.9 Å². The average molecular weight is 885 g/mol.